The molecule has 0 aliphatic heterocycles. The second-order valence-corrected chi connectivity index (χ2v) is 9.76. The van der Waals surface area contributed by atoms with Gasteiger partial charge in [0.1, 0.15) is 5.75 Å². The molecule has 1 amide bonds. The molecule has 0 aliphatic rings. The van der Waals surface area contributed by atoms with Crippen molar-refractivity contribution in [1.29, 1.82) is 0 Å². The molecule has 174 valence electrons. The Labute approximate surface area is 213 Å². The van der Waals surface area contributed by atoms with Crippen LogP contribution < -0.4 is 10.5 Å². The lowest BCUT2D eigenvalue weighted by Crippen LogP contribution is -2.38. The number of aryl methyl sites for hydroxylation is 1. The SMILES string of the molecule is CCC(C)(C(N)=O)c1c(-c2ccccc2)n(C(=O)c2ccccc2C)c2cc(I)c(OC)cc12. The largest absolute Gasteiger partial charge is 0.496 e. The number of nitrogens with two attached hydrogens (primary N) is 1. The van der Waals surface area contributed by atoms with Gasteiger partial charge < -0.3 is 10.5 Å². The fourth-order valence-electron chi connectivity index (χ4n) is 4.49. The standard InChI is InChI=1S/C28H27IN2O3/c1-5-28(3,27(30)33)24-20-15-23(34-4)21(29)16-22(20)31(25(24)18-12-7-6-8-13-18)26(32)19-14-10-9-11-17(19)2/h6-16H,5H2,1-4H3,(H2,30,33). The minimum Gasteiger partial charge on any atom is -0.496 e. The van der Waals surface area contributed by atoms with Gasteiger partial charge in [-0.15, -0.1) is 0 Å². The van der Waals surface area contributed by atoms with Crippen LogP contribution in [0.25, 0.3) is 22.2 Å². The van der Waals surface area contributed by atoms with Gasteiger partial charge in [-0.25, -0.2) is 0 Å². The number of aromatic nitrogens is 1. The number of nitrogens with zero attached hydrogens (tertiary/aromatic N) is 1. The molecule has 1 heterocycles. The molecule has 0 saturated carbocycles. The quantitative estimate of drug-likeness (QED) is 0.288. The fraction of sp³-hybridized carbons (Fsp3) is 0.214. The predicted octanol–water partition coefficient (Wildman–Crippen LogP) is 6.07. The number of ether oxygens (including phenoxy) is 1. The van der Waals surface area contributed by atoms with Crippen molar-refractivity contribution in [2.75, 3.05) is 7.11 Å². The van der Waals surface area contributed by atoms with Gasteiger partial charge in [0.15, 0.2) is 0 Å². The van der Waals surface area contributed by atoms with Crippen LogP contribution in [0.5, 0.6) is 5.75 Å². The average Bonchev–Trinajstić information content (AvgIpc) is 3.17. The Morgan fingerprint density at radius 2 is 1.71 bits per heavy atom. The molecule has 1 aromatic heterocycles. The summed E-state index contributed by atoms with van der Waals surface area (Å²) in [5.41, 5.74) is 9.46. The first-order valence-corrected chi connectivity index (χ1v) is 12.2. The smallest absolute Gasteiger partial charge is 0.263 e. The minimum absolute atomic E-state index is 0.155. The van der Waals surface area contributed by atoms with Crippen LogP contribution in [0.2, 0.25) is 0 Å². The maximum Gasteiger partial charge on any atom is 0.263 e. The van der Waals surface area contributed by atoms with Crippen molar-refractivity contribution in [3.05, 3.63) is 87.0 Å². The van der Waals surface area contributed by atoms with Crippen LogP contribution in [-0.2, 0) is 10.2 Å². The zero-order valence-electron chi connectivity index (χ0n) is 19.7. The highest BCUT2D eigenvalue weighted by Gasteiger charge is 2.39. The van der Waals surface area contributed by atoms with Crippen molar-refractivity contribution in [2.45, 2.75) is 32.6 Å². The van der Waals surface area contributed by atoms with E-state index in [0.29, 0.717) is 28.9 Å². The number of benzene rings is 3. The van der Waals surface area contributed by atoms with Crippen molar-refractivity contribution in [1.82, 2.24) is 4.57 Å². The molecule has 1 unspecified atom stereocenters. The third kappa shape index (κ3) is 3.79. The van der Waals surface area contributed by atoms with Crippen molar-refractivity contribution in [3.8, 4) is 17.0 Å². The Hall–Kier alpha value is -3.13. The summed E-state index contributed by atoms with van der Waals surface area (Å²) in [6.45, 7) is 5.72. The van der Waals surface area contributed by atoms with E-state index in [1.165, 1.54) is 0 Å². The van der Waals surface area contributed by atoms with E-state index < -0.39 is 11.3 Å². The first kappa shape index (κ1) is 24.0. The van der Waals surface area contributed by atoms with Gasteiger partial charge in [-0.1, -0.05) is 55.5 Å². The Balaban J connectivity index is 2.25. The second kappa shape index (κ2) is 9.25. The molecule has 0 aliphatic carbocycles. The van der Waals surface area contributed by atoms with E-state index >= 15 is 0 Å². The average molecular weight is 566 g/mol. The van der Waals surface area contributed by atoms with Gasteiger partial charge in [0.05, 0.1) is 27.3 Å². The van der Waals surface area contributed by atoms with Gasteiger partial charge in [-0.2, -0.15) is 0 Å². The highest BCUT2D eigenvalue weighted by molar-refractivity contribution is 14.1. The Morgan fingerprint density at radius 3 is 2.29 bits per heavy atom. The molecule has 4 rings (SSSR count). The van der Waals surface area contributed by atoms with Crippen molar-refractivity contribution >= 4 is 45.3 Å². The number of methoxy groups -OCH3 is 1. The van der Waals surface area contributed by atoms with Gasteiger partial charge in [-0.05, 0) is 72.2 Å². The monoisotopic (exact) mass is 566 g/mol. The molecule has 34 heavy (non-hydrogen) atoms. The van der Waals surface area contributed by atoms with Crippen LogP contribution in [0.3, 0.4) is 0 Å². The summed E-state index contributed by atoms with van der Waals surface area (Å²) in [6.07, 6.45) is 0.480. The van der Waals surface area contributed by atoms with E-state index in [4.69, 9.17) is 10.5 Å². The number of amides is 1. The summed E-state index contributed by atoms with van der Waals surface area (Å²) in [5, 5.41) is 0.779. The van der Waals surface area contributed by atoms with E-state index in [0.717, 1.165) is 25.6 Å². The van der Waals surface area contributed by atoms with Crippen LogP contribution >= 0.6 is 22.6 Å². The number of primary amides is 1. The lowest BCUT2D eigenvalue weighted by molar-refractivity contribution is -0.123. The van der Waals surface area contributed by atoms with Gasteiger partial charge >= 0.3 is 0 Å². The number of carbonyl (C=O) groups excluding carboxylic acids is 2. The van der Waals surface area contributed by atoms with E-state index in [9.17, 15) is 9.59 Å². The van der Waals surface area contributed by atoms with Gasteiger partial charge in [-0.3, -0.25) is 14.2 Å². The normalized spacial score (nSPS) is 13.0. The lowest BCUT2D eigenvalue weighted by atomic mass is 9.77. The highest BCUT2D eigenvalue weighted by Crippen LogP contribution is 2.45. The van der Waals surface area contributed by atoms with Crippen molar-refractivity contribution in [2.24, 2.45) is 5.73 Å². The van der Waals surface area contributed by atoms with Crippen LogP contribution in [0, 0.1) is 10.5 Å². The molecule has 0 bridgehead atoms. The van der Waals surface area contributed by atoms with Crippen molar-refractivity contribution in [3.63, 3.8) is 0 Å². The van der Waals surface area contributed by atoms with Crippen LogP contribution in [0.15, 0.2) is 66.7 Å². The number of halogens is 1. The third-order valence-corrected chi connectivity index (χ3v) is 7.51. The Bertz CT molecular complexity index is 1410. The zero-order valence-corrected chi connectivity index (χ0v) is 21.8. The molecule has 6 heteroatoms. The van der Waals surface area contributed by atoms with E-state index in [2.05, 4.69) is 22.6 Å². The molecule has 1 atom stereocenters. The number of hydrogen-bond acceptors (Lipinski definition) is 3. The van der Waals surface area contributed by atoms with Crippen LogP contribution in [0.4, 0.5) is 0 Å². The van der Waals surface area contributed by atoms with E-state index in [-0.39, 0.29) is 5.91 Å². The molecule has 0 radical (unpaired) electrons. The summed E-state index contributed by atoms with van der Waals surface area (Å²) in [6, 6.07) is 21.1. The molecule has 4 aromatic rings. The minimum atomic E-state index is -1.00. The molecular weight excluding hydrogens is 539 g/mol. The fourth-order valence-corrected chi connectivity index (χ4v) is 5.16. The second-order valence-electron chi connectivity index (χ2n) is 8.60. The highest BCUT2D eigenvalue weighted by atomic mass is 127. The van der Waals surface area contributed by atoms with Crippen LogP contribution in [0.1, 0.15) is 41.8 Å². The molecule has 2 N–H and O–H groups in total. The van der Waals surface area contributed by atoms with Gasteiger partial charge in [0.2, 0.25) is 5.91 Å². The molecular formula is C28H27IN2O3. The summed E-state index contributed by atoms with van der Waals surface area (Å²) in [5.74, 6) is 0.0848. The van der Waals surface area contributed by atoms with Crippen LogP contribution in [-0.4, -0.2) is 23.5 Å². The topological polar surface area (TPSA) is 74.3 Å². The third-order valence-electron chi connectivity index (χ3n) is 6.67. The number of fused-ring (bicyclic) bond motifs is 1. The maximum absolute atomic E-state index is 14.2. The lowest BCUT2D eigenvalue weighted by Gasteiger charge is -2.26. The first-order chi connectivity index (χ1) is 16.2. The zero-order chi connectivity index (χ0) is 24.6. The molecule has 0 spiro atoms. The Kier molecular flexibility index (Phi) is 6.53. The summed E-state index contributed by atoms with van der Waals surface area (Å²) < 4.78 is 8.22. The summed E-state index contributed by atoms with van der Waals surface area (Å²) in [7, 11) is 1.61. The summed E-state index contributed by atoms with van der Waals surface area (Å²) >= 11 is 2.21. The predicted molar refractivity (Wildman–Crippen MR) is 144 cm³/mol. The summed E-state index contributed by atoms with van der Waals surface area (Å²) in [4.78, 5) is 27.1. The first-order valence-electron chi connectivity index (χ1n) is 11.1. The molecule has 3 aromatic carbocycles. The number of rotatable bonds is 6. The Morgan fingerprint density at radius 1 is 1.06 bits per heavy atom. The van der Waals surface area contributed by atoms with Crippen molar-refractivity contribution < 1.29 is 14.3 Å². The molecule has 0 fully saturated rings. The maximum atomic E-state index is 14.2. The molecule has 5 nitrogen and oxygen atoms in total. The van der Waals surface area contributed by atoms with E-state index in [1.807, 2.05) is 87.5 Å². The van der Waals surface area contributed by atoms with E-state index in [1.54, 1.807) is 11.7 Å². The van der Waals surface area contributed by atoms with Gasteiger partial charge in [0, 0.05) is 16.5 Å². The molecule has 0 saturated heterocycles. The number of hydrogen-bond donors (Lipinski definition) is 1. The number of carbonyl (C=O) groups is 2. The van der Waals surface area contributed by atoms with Gasteiger partial charge in [0.25, 0.3) is 5.91 Å².